The first-order valence-corrected chi connectivity index (χ1v) is 10.3. The number of nitrogens with one attached hydrogen (secondary N) is 1. The second kappa shape index (κ2) is 6.75. The fourth-order valence-electron chi connectivity index (χ4n) is 6.08. The zero-order valence-corrected chi connectivity index (χ0v) is 15.8. The third-order valence-electron chi connectivity index (χ3n) is 7.18. The van der Waals surface area contributed by atoms with E-state index in [1.807, 2.05) is 12.1 Å². The topological polar surface area (TPSA) is 45.7 Å². The molecule has 1 aromatic rings. The number of amides is 1. The van der Waals surface area contributed by atoms with Crippen molar-refractivity contribution >= 4 is 11.6 Å². The highest BCUT2D eigenvalue weighted by Crippen LogP contribution is 2.54. The molecule has 4 fully saturated rings. The van der Waals surface area contributed by atoms with E-state index in [9.17, 15) is 4.79 Å². The molecule has 25 heavy (non-hydrogen) atoms. The van der Waals surface area contributed by atoms with Crippen LogP contribution in [0.2, 0.25) is 0 Å². The van der Waals surface area contributed by atoms with Crippen LogP contribution in [-0.4, -0.2) is 18.0 Å². The van der Waals surface area contributed by atoms with Gasteiger partial charge in [0, 0.05) is 24.9 Å². The molecule has 0 heterocycles. The molecule has 3 nitrogen and oxygen atoms in total. The van der Waals surface area contributed by atoms with Crippen LogP contribution in [0.4, 0.5) is 5.69 Å². The fraction of sp³-hybridized carbons (Fsp3) is 0.682. The fourth-order valence-corrected chi connectivity index (χ4v) is 6.08. The first kappa shape index (κ1) is 17.1. The summed E-state index contributed by atoms with van der Waals surface area (Å²) in [5, 5.41) is 5.48. The average Bonchev–Trinajstić information content (AvgIpc) is 2.59. The smallest absolute Gasteiger partial charge is 0.279 e. The molecule has 136 valence electrons. The lowest BCUT2D eigenvalue weighted by atomic mass is 9.53. The lowest BCUT2D eigenvalue weighted by Gasteiger charge is -2.54. The number of nitrogens with two attached hydrogens (primary N) is 1. The van der Waals surface area contributed by atoms with Gasteiger partial charge in [-0.3, -0.25) is 4.79 Å². The van der Waals surface area contributed by atoms with Crippen LogP contribution >= 0.6 is 0 Å². The summed E-state index contributed by atoms with van der Waals surface area (Å²) in [6, 6.07) is 8.38. The van der Waals surface area contributed by atoms with Crippen LogP contribution in [0.1, 0.15) is 70.3 Å². The van der Waals surface area contributed by atoms with Gasteiger partial charge in [-0.25, -0.2) is 0 Å². The lowest BCUT2D eigenvalue weighted by Crippen LogP contribution is -3.00. The van der Waals surface area contributed by atoms with E-state index < -0.39 is 0 Å². The normalized spacial score (nSPS) is 34.1. The quantitative estimate of drug-likeness (QED) is 0.815. The van der Waals surface area contributed by atoms with Gasteiger partial charge in [0.2, 0.25) is 0 Å². The maximum atomic E-state index is 12.4. The molecule has 1 aromatic carbocycles. The second-order valence-electron chi connectivity index (χ2n) is 9.17. The Balaban J connectivity index is 1.31. The number of carbonyl (C=O) groups excluding carboxylic acids is 1. The van der Waals surface area contributed by atoms with Crippen molar-refractivity contribution in [1.82, 2.24) is 0 Å². The summed E-state index contributed by atoms with van der Waals surface area (Å²) in [6.07, 6.45) is 9.55. The predicted octanol–water partition coefficient (Wildman–Crippen LogP) is 3.67. The van der Waals surface area contributed by atoms with Crippen LogP contribution in [0, 0.1) is 17.8 Å². The van der Waals surface area contributed by atoms with E-state index in [2.05, 4.69) is 36.6 Å². The van der Waals surface area contributed by atoms with E-state index in [1.54, 1.807) is 0 Å². The van der Waals surface area contributed by atoms with Gasteiger partial charge in [-0.05, 0) is 67.1 Å². The number of benzene rings is 1. The average molecular weight is 342 g/mol. The van der Waals surface area contributed by atoms with Gasteiger partial charge in [-0.2, -0.15) is 0 Å². The largest absolute Gasteiger partial charge is 0.334 e. The molecule has 4 saturated carbocycles. The Hall–Kier alpha value is -1.35. The standard InChI is InChI=1S/C22H32N2O/c1-3-15(2)19-4-6-20(7-5-19)24-21(25)14-23-22-11-16-8-17(12-22)10-18(9-16)13-22/h4-7,15-18,23H,3,8-14H2,1-2H3,(H,24,25)/p+1/t15-,16?,17?,18?,22?/m1/s1. The third-order valence-corrected chi connectivity index (χ3v) is 7.18. The molecule has 4 aliphatic carbocycles. The van der Waals surface area contributed by atoms with Crippen LogP contribution in [0.25, 0.3) is 0 Å². The van der Waals surface area contributed by atoms with Crippen LogP contribution in [0.15, 0.2) is 24.3 Å². The summed E-state index contributed by atoms with van der Waals surface area (Å²) in [5.41, 5.74) is 2.66. The van der Waals surface area contributed by atoms with Crippen molar-refractivity contribution in [2.45, 2.75) is 70.3 Å². The van der Waals surface area contributed by atoms with Crippen molar-refractivity contribution in [3.05, 3.63) is 29.8 Å². The van der Waals surface area contributed by atoms with Crippen LogP contribution in [0.3, 0.4) is 0 Å². The van der Waals surface area contributed by atoms with Gasteiger partial charge in [-0.1, -0.05) is 26.0 Å². The summed E-state index contributed by atoms with van der Waals surface area (Å²) >= 11 is 0. The summed E-state index contributed by atoms with van der Waals surface area (Å²) in [4.78, 5) is 12.4. The van der Waals surface area contributed by atoms with Crippen LogP contribution < -0.4 is 10.6 Å². The molecule has 1 atom stereocenters. The molecule has 0 aliphatic heterocycles. The van der Waals surface area contributed by atoms with E-state index in [-0.39, 0.29) is 5.91 Å². The highest BCUT2D eigenvalue weighted by molar-refractivity contribution is 5.91. The van der Waals surface area contributed by atoms with E-state index >= 15 is 0 Å². The number of hydrogen-bond donors (Lipinski definition) is 2. The van der Waals surface area contributed by atoms with E-state index in [0.29, 0.717) is 18.0 Å². The molecule has 4 bridgehead atoms. The minimum atomic E-state index is 0.145. The summed E-state index contributed by atoms with van der Waals surface area (Å²) < 4.78 is 0. The summed E-state index contributed by atoms with van der Waals surface area (Å²) in [6.45, 7) is 5.02. The molecule has 0 unspecified atom stereocenters. The van der Waals surface area contributed by atoms with Crippen molar-refractivity contribution in [3.63, 3.8) is 0 Å². The molecular weight excluding hydrogens is 308 g/mol. The van der Waals surface area contributed by atoms with E-state index in [1.165, 1.54) is 44.1 Å². The Bertz CT molecular complexity index is 586. The number of carbonyl (C=O) groups is 1. The first-order valence-electron chi connectivity index (χ1n) is 10.3. The molecule has 0 saturated heterocycles. The highest BCUT2D eigenvalue weighted by atomic mass is 16.1. The Labute approximate surface area is 152 Å². The number of rotatable bonds is 6. The maximum Gasteiger partial charge on any atom is 0.279 e. The number of hydrogen-bond acceptors (Lipinski definition) is 1. The minimum Gasteiger partial charge on any atom is -0.334 e. The van der Waals surface area contributed by atoms with Crippen LogP contribution in [-0.2, 0) is 4.79 Å². The van der Waals surface area contributed by atoms with Gasteiger partial charge >= 0.3 is 0 Å². The minimum absolute atomic E-state index is 0.145. The van der Waals surface area contributed by atoms with Gasteiger partial charge in [0.15, 0.2) is 6.54 Å². The Morgan fingerprint density at radius 2 is 1.68 bits per heavy atom. The monoisotopic (exact) mass is 341 g/mol. The third kappa shape index (κ3) is 3.62. The summed E-state index contributed by atoms with van der Waals surface area (Å²) in [5.74, 6) is 3.55. The highest BCUT2D eigenvalue weighted by Gasteiger charge is 2.53. The Kier molecular flexibility index (Phi) is 4.61. The van der Waals surface area contributed by atoms with Crippen molar-refractivity contribution in [3.8, 4) is 0 Å². The second-order valence-corrected chi connectivity index (χ2v) is 9.17. The lowest BCUT2D eigenvalue weighted by molar-refractivity contribution is -0.729. The van der Waals surface area contributed by atoms with Gasteiger partial charge in [0.1, 0.15) is 0 Å². The molecule has 1 amide bonds. The molecule has 0 spiro atoms. The molecule has 5 rings (SSSR count). The Morgan fingerprint density at radius 3 is 2.20 bits per heavy atom. The zero-order chi connectivity index (χ0) is 17.4. The predicted molar refractivity (Wildman–Crippen MR) is 101 cm³/mol. The molecule has 0 aromatic heterocycles. The molecule has 3 heteroatoms. The molecule has 3 N–H and O–H groups in total. The Morgan fingerprint density at radius 1 is 1.12 bits per heavy atom. The first-order chi connectivity index (χ1) is 12.0. The van der Waals surface area contributed by atoms with Crippen molar-refractivity contribution in [2.24, 2.45) is 17.8 Å². The molecule has 4 aliphatic rings. The molecule has 0 radical (unpaired) electrons. The number of anilines is 1. The van der Waals surface area contributed by atoms with Crippen LogP contribution in [0.5, 0.6) is 0 Å². The van der Waals surface area contributed by atoms with E-state index in [0.717, 1.165) is 29.9 Å². The summed E-state index contributed by atoms with van der Waals surface area (Å²) in [7, 11) is 0. The van der Waals surface area contributed by atoms with E-state index in [4.69, 9.17) is 0 Å². The molecular formula is C22H33N2O+. The zero-order valence-electron chi connectivity index (χ0n) is 15.8. The van der Waals surface area contributed by atoms with Crippen molar-refractivity contribution in [2.75, 3.05) is 11.9 Å². The van der Waals surface area contributed by atoms with Gasteiger partial charge < -0.3 is 10.6 Å². The number of quaternary nitrogens is 1. The van der Waals surface area contributed by atoms with Gasteiger partial charge in [-0.15, -0.1) is 0 Å². The van der Waals surface area contributed by atoms with Gasteiger partial charge in [0.25, 0.3) is 5.91 Å². The van der Waals surface area contributed by atoms with Crippen molar-refractivity contribution < 1.29 is 10.1 Å². The van der Waals surface area contributed by atoms with Gasteiger partial charge in [0.05, 0.1) is 5.54 Å². The SMILES string of the molecule is CC[C@@H](C)c1ccc(NC(=O)C[NH2+]C23CC4CC(CC(C4)C2)C3)cc1. The van der Waals surface area contributed by atoms with Crippen molar-refractivity contribution in [1.29, 1.82) is 0 Å². The maximum absolute atomic E-state index is 12.4.